The fraction of sp³-hybridized carbons (Fsp3) is 0. The predicted molar refractivity (Wildman–Crippen MR) is 51.3 cm³/mol. The molecule has 0 unspecified atom stereocenters. The number of pyridine rings is 1. The zero-order valence-electron chi connectivity index (χ0n) is 6.34. The summed E-state index contributed by atoms with van der Waals surface area (Å²) in [5.74, 6) is 0. The summed E-state index contributed by atoms with van der Waals surface area (Å²) in [5, 5.41) is 0.702. The molecule has 13 heavy (non-hydrogen) atoms. The average Bonchev–Trinajstić information content (AvgIpc) is 2.49. The highest BCUT2D eigenvalue weighted by Gasteiger charge is 2.08. The van der Waals surface area contributed by atoms with Gasteiger partial charge in [-0.25, -0.2) is 4.98 Å². The molecule has 0 spiro atoms. The smallest absolute Gasteiger partial charge is 0.268 e. The minimum absolute atomic E-state index is 0.303. The Morgan fingerprint density at radius 2 is 2.31 bits per heavy atom. The fourth-order valence-electron chi connectivity index (χ4n) is 1.10. The van der Waals surface area contributed by atoms with Crippen LogP contribution in [0.3, 0.4) is 0 Å². The Labute approximate surface area is 83.7 Å². The molecule has 0 saturated carbocycles. The molecule has 2 aromatic rings. The lowest BCUT2D eigenvalue weighted by Crippen LogP contribution is -1.86. The summed E-state index contributed by atoms with van der Waals surface area (Å²) in [6.07, 6.45) is 1.56. The van der Waals surface area contributed by atoms with Gasteiger partial charge in [0.15, 0.2) is 0 Å². The molecule has 0 amide bonds. The molecule has 2 rings (SSSR count). The van der Waals surface area contributed by atoms with Gasteiger partial charge in [-0.3, -0.25) is 4.79 Å². The first kappa shape index (κ1) is 8.53. The minimum atomic E-state index is -0.547. The van der Waals surface area contributed by atoms with Crippen molar-refractivity contribution in [2.24, 2.45) is 0 Å². The second-order valence-corrected chi connectivity index (χ2v) is 3.26. The average molecular weight is 215 g/mol. The van der Waals surface area contributed by atoms with Crippen LogP contribution in [0.1, 0.15) is 10.5 Å². The summed E-state index contributed by atoms with van der Waals surface area (Å²) < 4.78 is 0. The summed E-state index contributed by atoms with van der Waals surface area (Å²) in [6, 6.07) is 3.24. The molecule has 1 N–H and O–H groups in total. The van der Waals surface area contributed by atoms with Crippen LogP contribution in [0, 0.1) is 0 Å². The van der Waals surface area contributed by atoms with Crippen LogP contribution in [0.15, 0.2) is 18.3 Å². The zero-order valence-corrected chi connectivity index (χ0v) is 7.86. The Hall–Kier alpha value is -1.06. The molecule has 0 aromatic carbocycles. The molecule has 0 saturated heterocycles. The molecular formula is C8H4Cl2N2O. The Balaban J connectivity index is 2.75. The van der Waals surface area contributed by atoms with Gasteiger partial charge in [0, 0.05) is 11.6 Å². The van der Waals surface area contributed by atoms with Crippen molar-refractivity contribution in [3.63, 3.8) is 0 Å². The molecule has 0 fully saturated rings. The Morgan fingerprint density at radius 3 is 2.92 bits per heavy atom. The van der Waals surface area contributed by atoms with Crippen molar-refractivity contribution < 1.29 is 4.79 Å². The van der Waals surface area contributed by atoms with Gasteiger partial charge in [0.25, 0.3) is 5.24 Å². The minimum Gasteiger partial charge on any atom is -0.336 e. The molecule has 0 aliphatic rings. The van der Waals surface area contributed by atoms with Crippen molar-refractivity contribution >= 4 is 39.5 Å². The van der Waals surface area contributed by atoms with Crippen LogP contribution in [0.5, 0.6) is 0 Å². The monoisotopic (exact) mass is 214 g/mol. The molecule has 2 aromatic heterocycles. The third-order valence-corrected chi connectivity index (χ3v) is 2.22. The molecule has 0 aliphatic heterocycles. The first-order valence-corrected chi connectivity index (χ1v) is 4.27. The number of carbonyl (C=O) groups excluding carboxylic acids is 1. The van der Waals surface area contributed by atoms with Crippen LogP contribution in [0.4, 0.5) is 0 Å². The van der Waals surface area contributed by atoms with Gasteiger partial charge in [-0.15, -0.1) is 0 Å². The molecule has 3 nitrogen and oxygen atoms in total. The van der Waals surface area contributed by atoms with Gasteiger partial charge < -0.3 is 4.98 Å². The van der Waals surface area contributed by atoms with Crippen molar-refractivity contribution in [1.29, 1.82) is 0 Å². The van der Waals surface area contributed by atoms with E-state index >= 15 is 0 Å². The first-order chi connectivity index (χ1) is 6.18. The van der Waals surface area contributed by atoms with E-state index in [0.717, 1.165) is 0 Å². The second-order valence-electron chi connectivity index (χ2n) is 2.51. The Morgan fingerprint density at radius 1 is 1.54 bits per heavy atom. The lowest BCUT2D eigenvalue weighted by atomic mass is 10.3. The van der Waals surface area contributed by atoms with E-state index in [1.54, 1.807) is 18.3 Å². The van der Waals surface area contributed by atoms with E-state index in [1.165, 1.54) is 0 Å². The number of nitrogens with one attached hydrogen (secondary N) is 1. The largest absolute Gasteiger partial charge is 0.336 e. The number of H-pyrrole nitrogens is 1. The second kappa shape index (κ2) is 3.01. The number of rotatable bonds is 1. The van der Waals surface area contributed by atoms with E-state index in [0.29, 0.717) is 21.7 Å². The molecular weight excluding hydrogens is 211 g/mol. The summed E-state index contributed by atoms with van der Waals surface area (Å²) in [7, 11) is 0. The third kappa shape index (κ3) is 1.41. The highest BCUT2D eigenvalue weighted by Crippen LogP contribution is 2.22. The topological polar surface area (TPSA) is 45.8 Å². The number of nitrogens with zero attached hydrogens (tertiary/aromatic N) is 1. The fourth-order valence-corrected chi connectivity index (χ4v) is 1.40. The summed E-state index contributed by atoms with van der Waals surface area (Å²) >= 11 is 11.1. The summed E-state index contributed by atoms with van der Waals surface area (Å²) in [4.78, 5) is 17.5. The van der Waals surface area contributed by atoms with Gasteiger partial charge in [0.1, 0.15) is 11.3 Å². The number of hydrogen-bond donors (Lipinski definition) is 1. The number of hydrogen-bond acceptors (Lipinski definition) is 2. The summed E-state index contributed by atoms with van der Waals surface area (Å²) in [6.45, 7) is 0. The maximum Gasteiger partial charge on any atom is 0.268 e. The molecule has 0 bridgehead atoms. The zero-order chi connectivity index (χ0) is 9.42. The van der Waals surface area contributed by atoms with Crippen LogP contribution < -0.4 is 0 Å². The predicted octanol–water partition coefficient (Wildman–Crippen LogP) is 2.60. The van der Waals surface area contributed by atoms with Crippen molar-refractivity contribution in [1.82, 2.24) is 9.97 Å². The Bertz CT molecular complexity index is 478. The molecule has 0 aliphatic carbocycles. The van der Waals surface area contributed by atoms with Gasteiger partial charge in [-0.1, -0.05) is 11.6 Å². The van der Waals surface area contributed by atoms with E-state index in [-0.39, 0.29) is 0 Å². The standard InChI is InChI=1S/C8H4Cl2N2O/c9-5-1-2-11-8-4(5)3-6(12-8)7(10)13/h1-3H,(H,11,12). The Kier molecular flexibility index (Phi) is 1.98. The van der Waals surface area contributed by atoms with Crippen molar-refractivity contribution in [2.45, 2.75) is 0 Å². The van der Waals surface area contributed by atoms with Gasteiger partial charge in [0.2, 0.25) is 0 Å². The molecule has 5 heteroatoms. The van der Waals surface area contributed by atoms with Crippen molar-refractivity contribution in [2.75, 3.05) is 0 Å². The van der Waals surface area contributed by atoms with Gasteiger partial charge in [-0.2, -0.15) is 0 Å². The molecule has 2 heterocycles. The van der Waals surface area contributed by atoms with Gasteiger partial charge in [-0.05, 0) is 23.7 Å². The van der Waals surface area contributed by atoms with Crippen LogP contribution in [0.25, 0.3) is 11.0 Å². The quantitative estimate of drug-likeness (QED) is 0.743. The van der Waals surface area contributed by atoms with Crippen molar-refractivity contribution in [3.05, 3.63) is 29.0 Å². The molecule has 66 valence electrons. The van der Waals surface area contributed by atoms with E-state index in [1.807, 2.05) is 0 Å². The van der Waals surface area contributed by atoms with E-state index in [9.17, 15) is 4.79 Å². The lowest BCUT2D eigenvalue weighted by molar-refractivity contribution is 0.107. The highest BCUT2D eigenvalue weighted by molar-refractivity contribution is 6.67. The number of fused-ring (bicyclic) bond motifs is 1. The summed E-state index contributed by atoms with van der Waals surface area (Å²) in [5.41, 5.74) is 0.869. The number of aromatic nitrogens is 2. The van der Waals surface area contributed by atoms with Crippen LogP contribution in [0.2, 0.25) is 5.02 Å². The number of aromatic amines is 1. The normalized spacial score (nSPS) is 10.6. The lowest BCUT2D eigenvalue weighted by Gasteiger charge is -1.88. The highest BCUT2D eigenvalue weighted by atomic mass is 35.5. The van der Waals surface area contributed by atoms with Crippen LogP contribution in [-0.4, -0.2) is 15.2 Å². The maximum atomic E-state index is 10.8. The van der Waals surface area contributed by atoms with Crippen molar-refractivity contribution in [3.8, 4) is 0 Å². The van der Waals surface area contributed by atoms with Gasteiger partial charge in [0.05, 0.1) is 5.02 Å². The SMILES string of the molecule is O=C(Cl)c1cc2c(Cl)ccnc2[nH]1. The van der Waals surface area contributed by atoms with E-state index in [2.05, 4.69) is 9.97 Å². The third-order valence-electron chi connectivity index (χ3n) is 1.69. The van der Waals surface area contributed by atoms with Crippen LogP contribution >= 0.6 is 23.2 Å². The molecule has 0 atom stereocenters. The molecule has 0 radical (unpaired) electrons. The first-order valence-electron chi connectivity index (χ1n) is 3.51. The number of carbonyl (C=O) groups is 1. The van der Waals surface area contributed by atoms with E-state index < -0.39 is 5.24 Å². The van der Waals surface area contributed by atoms with E-state index in [4.69, 9.17) is 23.2 Å². The maximum absolute atomic E-state index is 10.8. The number of halogens is 2. The van der Waals surface area contributed by atoms with Gasteiger partial charge >= 0.3 is 0 Å². The van der Waals surface area contributed by atoms with Crippen LogP contribution in [-0.2, 0) is 0 Å².